The number of thioether (sulfide) groups is 1. The van der Waals surface area contributed by atoms with Crippen molar-refractivity contribution in [1.29, 1.82) is 5.26 Å². The fourth-order valence-corrected chi connectivity index (χ4v) is 3.55. The molecule has 1 aromatic heterocycles. The summed E-state index contributed by atoms with van der Waals surface area (Å²) in [5.41, 5.74) is 2.05. The van der Waals surface area contributed by atoms with Gasteiger partial charge in [0.25, 0.3) is 0 Å². The van der Waals surface area contributed by atoms with Crippen molar-refractivity contribution in [3.8, 4) is 6.07 Å². The van der Waals surface area contributed by atoms with Crippen LogP contribution in [0, 0.1) is 11.3 Å². The number of rotatable bonds is 5. The predicted molar refractivity (Wildman–Crippen MR) is 113 cm³/mol. The molecule has 7 heteroatoms. The molecule has 27 heavy (non-hydrogen) atoms. The highest BCUT2D eigenvalue weighted by Crippen LogP contribution is 2.39. The number of aromatic nitrogens is 2. The van der Waals surface area contributed by atoms with E-state index in [1.165, 1.54) is 17.8 Å². The number of benzene rings is 1. The van der Waals surface area contributed by atoms with Crippen LogP contribution in [0.3, 0.4) is 0 Å². The van der Waals surface area contributed by atoms with Crippen LogP contribution in [-0.2, 0) is 0 Å². The van der Waals surface area contributed by atoms with E-state index in [0.29, 0.717) is 5.95 Å². The van der Waals surface area contributed by atoms with Gasteiger partial charge in [0.2, 0.25) is 5.95 Å². The molecule has 6 nitrogen and oxygen atoms in total. The summed E-state index contributed by atoms with van der Waals surface area (Å²) in [7, 11) is 1.98. The largest absolute Gasteiger partial charge is 0.352 e. The van der Waals surface area contributed by atoms with Crippen molar-refractivity contribution in [2.45, 2.75) is 26.8 Å². The van der Waals surface area contributed by atoms with E-state index >= 15 is 0 Å². The summed E-state index contributed by atoms with van der Waals surface area (Å²) >= 11 is 1.52. The van der Waals surface area contributed by atoms with E-state index < -0.39 is 0 Å². The van der Waals surface area contributed by atoms with Crippen LogP contribution in [0.4, 0.5) is 23.3 Å². The number of hydrogen-bond donors (Lipinski definition) is 1. The number of nitriles is 1. The average Bonchev–Trinajstić information content (AvgIpc) is 3.01. The minimum atomic E-state index is 0.203. The molecule has 0 fully saturated rings. The average molecular weight is 379 g/mol. The maximum atomic E-state index is 9.10. The fraction of sp³-hybridized carbons (Fsp3) is 0.250. The van der Waals surface area contributed by atoms with Gasteiger partial charge in [0.15, 0.2) is 0 Å². The van der Waals surface area contributed by atoms with Gasteiger partial charge in [-0.25, -0.2) is 0 Å². The molecule has 1 aliphatic heterocycles. The van der Waals surface area contributed by atoms with Crippen molar-refractivity contribution in [2.24, 2.45) is 0 Å². The van der Waals surface area contributed by atoms with Gasteiger partial charge in [-0.05, 0) is 38.3 Å². The second-order valence-electron chi connectivity index (χ2n) is 6.43. The molecule has 0 atom stereocenters. The highest BCUT2D eigenvalue weighted by Gasteiger charge is 2.23. The van der Waals surface area contributed by atoms with Crippen molar-refractivity contribution in [3.05, 3.63) is 58.6 Å². The molecular formula is C20H22N6S. The highest BCUT2D eigenvalue weighted by molar-refractivity contribution is 8.06. The van der Waals surface area contributed by atoms with Gasteiger partial charge in [0.1, 0.15) is 11.6 Å². The van der Waals surface area contributed by atoms with Crippen LogP contribution in [0.15, 0.2) is 58.6 Å². The molecule has 0 bridgehead atoms. The number of nitrogens with zero attached hydrogens (tertiary/aromatic N) is 5. The number of nitrogens with one attached hydrogen (secondary N) is 1. The molecule has 1 N–H and O–H groups in total. The molecule has 0 radical (unpaired) electrons. The van der Waals surface area contributed by atoms with Crippen LogP contribution in [-0.4, -0.2) is 23.1 Å². The lowest BCUT2D eigenvalue weighted by Crippen LogP contribution is -2.21. The molecule has 1 aromatic carbocycles. The minimum Gasteiger partial charge on any atom is -0.352 e. The Bertz CT molecular complexity index is 914. The third-order valence-electron chi connectivity index (χ3n) is 3.94. The summed E-state index contributed by atoms with van der Waals surface area (Å²) in [6.45, 7) is 6.10. The zero-order valence-electron chi connectivity index (χ0n) is 15.8. The van der Waals surface area contributed by atoms with Crippen molar-refractivity contribution < 1.29 is 0 Å². The van der Waals surface area contributed by atoms with Crippen molar-refractivity contribution in [3.63, 3.8) is 0 Å². The van der Waals surface area contributed by atoms with Crippen molar-refractivity contribution in [2.75, 3.05) is 22.2 Å². The third-order valence-corrected chi connectivity index (χ3v) is 4.95. The summed E-state index contributed by atoms with van der Waals surface area (Å²) < 4.78 is 0. The van der Waals surface area contributed by atoms with Crippen LogP contribution in [0.2, 0.25) is 0 Å². The topological polar surface area (TPSA) is 68.1 Å². The Kier molecular flexibility index (Phi) is 5.67. The van der Waals surface area contributed by atoms with Gasteiger partial charge in [0, 0.05) is 36.6 Å². The molecule has 0 amide bonds. The number of hydrogen-bond acceptors (Lipinski definition) is 7. The molecule has 0 saturated heterocycles. The second kappa shape index (κ2) is 8.14. The molecule has 0 aliphatic carbocycles. The molecule has 0 saturated carbocycles. The monoisotopic (exact) mass is 378 g/mol. The van der Waals surface area contributed by atoms with Crippen LogP contribution >= 0.6 is 11.8 Å². The van der Waals surface area contributed by atoms with E-state index in [1.807, 2.05) is 65.6 Å². The van der Waals surface area contributed by atoms with Gasteiger partial charge >= 0.3 is 0 Å². The van der Waals surface area contributed by atoms with Crippen LogP contribution in [0.25, 0.3) is 0 Å². The predicted octanol–water partition coefficient (Wildman–Crippen LogP) is 4.84. The first-order valence-electron chi connectivity index (χ1n) is 8.67. The fourth-order valence-electron chi connectivity index (χ4n) is 2.69. The first kappa shape index (κ1) is 18.8. The molecule has 3 rings (SSSR count). The summed E-state index contributed by atoms with van der Waals surface area (Å²) in [6, 6.07) is 14.3. The first-order chi connectivity index (χ1) is 13.0. The summed E-state index contributed by atoms with van der Waals surface area (Å²) in [5.74, 6) is 2.06. The van der Waals surface area contributed by atoms with Gasteiger partial charge in [-0.3, -0.25) is 4.90 Å². The van der Waals surface area contributed by atoms with Gasteiger partial charge < -0.3 is 10.2 Å². The lowest BCUT2D eigenvalue weighted by molar-refractivity contribution is 0.870. The number of allylic oxidation sites excluding steroid dienone is 2. The van der Waals surface area contributed by atoms with E-state index in [4.69, 9.17) is 5.26 Å². The van der Waals surface area contributed by atoms with E-state index in [-0.39, 0.29) is 6.04 Å². The summed E-state index contributed by atoms with van der Waals surface area (Å²) in [4.78, 5) is 13.4. The highest BCUT2D eigenvalue weighted by atomic mass is 32.2. The van der Waals surface area contributed by atoms with Gasteiger partial charge in [0.05, 0.1) is 11.1 Å². The Balaban J connectivity index is 2.07. The van der Waals surface area contributed by atoms with E-state index in [1.54, 1.807) is 0 Å². The molecular weight excluding hydrogens is 356 g/mol. The first-order valence-corrected chi connectivity index (χ1v) is 9.55. The standard InChI is InChI=1S/C20H22N6S/c1-14(2)22-20-23-17(25(4)16-8-6-5-7-9-16)12-18(24-20)26-15(3)13-27-19(26)10-11-21/h5-10,12-14H,1-4H3,(H,22,23,24). The van der Waals surface area contributed by atoms with Crippen LogP contribution in [0.5, 0.6) is 0 Å². The maximum Gasteiger partial charge on any atom is 0.226 e. The number of para-hydroxylation sites is 1. The number of anilines is 4. The van der Waals surface area contributed by atoms with E-state index in [9.17, 15) is 0 Å². The normalized spacial score (nSPS) is 15.0. The molecule has 1 aliphatic rings. The van der Waals surface area contributed by atoms with Gasteiger partial charge in [-0.1, -0.05) is 30.0 Å². The summed E-state index contributed by atoms with van der Waals surface area (Å²) in [5, 5.41) is 15.2. The lowest BCUT2D eigenvalue weighted by atomic mass is 10.3. The Hall–Kier alpha value is -2.98. The van der Waals surface area contributed by atoms with Crippen molar-refractivity contribution >= 4 is 35.0 Å². The lowest BCUT2D eigenvalue weighted by Gasteiger charge is -2.24. The molecule has 0 spiro atoms. The van der Waals surface area contributed by atoms with Gasteiger partial charge in [-0.2, -0.15) is 15.2 Å². The van der Waals surface area contributed by atoms with Crippen molar-refractivity contribution in [1.82, 2.24) is 9.97 Å². The summed E-state index contributed by atoms with van der Waals surface area (Å²) in [6.07, 6.45) is 1.54. The Morgan fingerprint density at radius 2 is 2.00 bits per heavy atom. The molecule has 0 unspecified atom stereocenters. The van der Waals surface area contributed by atoms with E-state index in [2.05, 4.69) is 35.2 Å². The molecule has 138 valence electrons. The molecule has 2 heterocycles. The Labute approximate surface area is 164 Å². The zero-order chi connectivity index (χ0) is 19.4. The molecule has 2 aromatic rings. The third kappa shape index (κ3) is 4.23. The quantitative estimate of drug-likeness (QED) is 0.746. The Morgan fingerprint density at radius 3 is 2.67 bits per heavy atom. The van der Waals surface area contributed by atoms with Crippen LogP contribution < -0.4 is 15.1 Å². The van der Waals surface area contributed by atoms with Crippen LogP contribution in [0.1, 0.15) is 20.8 Å². The minimum absolute atomic E-state index is 0.203. The van der Waals surface area contributed by atoms with E-state index in [0.717, 1.165) is 28.0 Å². The zero-order valence-corrected chi connectivity index (χ0v) is 16.7. The smallest absolute Gasteiger partial charge is 0.226 e. The Morgan fingerprint density at radius 1 is 1.26 bits per heavy atom. The maximum absolute atomic E-state index is 9.10. The SMILES string of the molecule is CC1=CSC(=CC#N)N1c1cc(N(C)c2ccccc2)nc(NC(C)C)n1. The second-order valence-corrected chi connectivity index (χ2v) is 7.32. The van der Waals surface area contributed by atoms with Gasteiger partial charge in [-0.15, -0.1) is 0 Å².